The lowest BCUT2D eigenvalue weighted by molar-refractivity contribution is -0.191. The van der Waals surface area contributed by atoms with Crippen molar-refractivity contribution < 1.29 is 14.7 Å². The maximum atomic E-state index is 9.78. The Hall–Kier alpha value is -2.74. The fourth-order valence-corrected chi connectivity index (χ4v) is 12.4. The van der Waals surface area contributed by atoms with Crippen LogP contribution in [-0.2, 0) is 9.59 Å². The Labute approximate surface area is 506 Å². The normalized spacial score (nSPS) is 18.9. The molecule has 0 aromatic carbocycles. The second-order valence-electron chi connectivity index (χ2n) is 24.7. The summed E-state index contributed by atoms with van der Waals surface area (Å²) in [6.07, 6.45) is 104. The molecule has 2 saturated carbocycles. The highest BCUT2D eigenvalue weighted by atomic mass is 16.3. The van der Waals surface area contributed by atoms with Gasteiger partial charge in [-0.3, -0.25) is 0 Å². The largest absolute Gasteiger partial charge is 0.396 e. The van der Waals surface area contributed by atoms with Crippen molar-refractivity contribution in [2.24, 2.45) is 35.5 Å². The van der Waals surface area contributed by atoms with E-state index >= 15 is 0 Å². The summed E-state index contributed by atoms with van der Waals surface area (Å²) >= 11 is 0. The van der Waals surface area contributed by atoms with Gasteiger partial charge in [0.2, 0.25) is 0 Å². The molecule has 3 nitrogen and oxygen atoms in total. The number of aliphatic hydroxyl groups excluding tert-OH is 1. The minimum atomic E-state index is 0.250. The maximum Gasteiger partial charge on any atom is 0.373 e. The molecule has 4 atom stereocenters. The number of aliphatic hydroxyl groups is 1. The van der Waals surface area contributed by atoms with Crippen LogP contribution in [0.5, 0.6) is 0 Å². The van der Waals surface area contributed by atoms with Gasteiger partial charge in [-0.1, -0.05) is 292 Å². The smallest absolute Gasteiger partial charge is 0.373 e. The molecule has 0 aromatic rings. The van der Waals surface area contributed by atoms with Crippen LogP contribution < -0.4 is 0 Å². The van der Waals surface area contributed by atoms with Crippen molar-refractivity contribution in [2.75, 3.05) is 6.61 Å². The predicted octanol–water partition coefficient (Wildman–Crippen LogP) is 25.8. The maximum absolute atomic E-state index is 9.78. The zero-order valence-corrected chi connectivity index (χ0v) is 54.8. The Balaban J connectivity index is 0.00000151. The Morgan fingerprint density at radius 1 is 0.247 bits per heavy atom. The van der Waals surface area contributed by atoms with Crippen molar-refractivity contribution >= 4 is 6.15 Å². The van der Waals surface area contributed by atoms with Gasteiger partial charge in [-0.2, -0.15) is 9.59 Å². The van der Waals surface area contributed by atoms with E-state index in [0.717, 1.165) is 55.3 Å². The van der Waals surface area contributed by atoms with Crippen LogP contribution in [0.25, 0.3) is 0 Å². The number of unbranched alkanes of at least 4 members (excludes halogenated alkanes) is 32. The second-order valence-corrected chi connectivity index (χ2v) is 24.7. The van der Waals surface area contributed by atoms with Crippen molar-refractivity contribution in [2.45, 2.75) is 349 Å². The van der Waals surface area contributed by atoms with Crippen LogP contribution in [0.2, 0.25) is 0 Å². The monoisotopic (exact) mass is 1120 g/mol. The van der Waals surface area contributed by atoms with Gasteiger partial charge >= 0.3 is 6.15 Å². The summed E-state index contributed by atoms with van der Waals surface area (Å²) in [4.78, 5) is 16.2. The lowest BCUT2D eigenvalue weighted by Crippen LogP contribution is -1.89. The average Bonchev–Trinajstić information content (AvgIpc) is 4.44. The van der Waals surface area contributed by atoms with Crippen LogP contribution in [0.15, 0.2) is 97.2 Å². The summed E-state index contributed by atoms with van der Waals surface area (Å²) in [5, 5.41) is 9.78. The molecule has 1 N–H and O–H groups in total. The van der Waals surface area contributed by atoms with E-state index in [0.29, 0.717) is 12.5 Å². The van der Waals surface area contributed by atoms with E-state index in [9.17, 15) is 5.11 Å². The molecule has 0 spiro atoms. The van der Waals surface area contributed by atoms with Gasteiger partial charge in [0, 0.05) is 6.61 Å². The fourth-order valence-electron chi connectivity index (χ4n) is 12.4. The summed E-state index contributed by atoms with van der Waals surface area (Å²) in [6, 6.07) is 0. The standard InChI is InChI=1S/C39H70.C38H68O.CO2/c1-4-7-9-11-13-15-17-19-21-23-25-27-29-31-33-35-38-37(6-3)39(38)36-34-32-30-28-26-24-22-20-18-16-14-12-10-8-5-2;1-3-5-7-9-11-13-15-17-19-21-23-25-27-29-31-33-36-37(38(36)35-39)34-32-30-28-26-24-22-20-18-16-14-12-10-8-6-4-2;2-1-3/h13-16,19-22,37-39H,4-12,17-18,23-36H2,1-3H3;11-14,17-20,36-39H,3-10,15-16,21-35H2,1-2H3;/b15-13-,16-14-,21-19-,22-20-;13-11-,14-12-,19-17-,20-18-;. The van der Waals surface area contributed by atoms with Gasteiger partial charge in [0.05, 0.1) is 0 Å². The van der Waals surface area contributed by atoms with Crippen molar-refractivity contribution in [3.8, 4) is 0 Å². The van der Waals surface area contributed by atoms with Crippen molar-refractivity contribution in [1.82, 2.24) is 0 Å². The summed E-state index contributed by atoms with van der Waals surface area (Å²) < 4.78 is 0. The first-order valence-corrected chi connectivity index (χ1v) is 35.9. The first kappa shape index (κ1) is 78.3. The van der Waals surface area contributed by atoms with E-state index in [-0.39, 0.29) is 6.15 Å². The number of carbonyl (C=O) groups excluding carboxylic acids is 2. The van der Waals surface area contributed by atoms with Crippen LogP contribution in [-0.4, -0.2) is 17.9 Å². The van der Waals surface area contributed by atoms with Crippen molar-refractivity contribution in [3.05, 3.63) is 97.2 Å². The molecule has 0 aliphatic heterocycles. The van der Waals surface area contributed by atoms with Gasteiger partial charge in [0.1, 0.15) is 0 Å². The molecule has 0 bridgehead atoms. The molecule has 81 heavy (non-hydrogen) atoms. The zero-order valence-electron chi connectivity index (χ0n) is 54.8. The van der Waals surface area contributed by atoms with E-state index < -0.39 is 0 Å². The third-order valence-corrected chi connectivity index (χ3v) is 17.7. The highest BCUT2D eigenvalue weighted by Gasteiger charge is 2.48. The van der Waals surface area contributed by atoms with Crippen molar-refractivity contribution in [3.63, 3.8) is 0 Å². The molecule has 2 fully saturated rings. The molecule has 2 aliphatic carbocycles. The van der Waals surface area contributed by atoms with Gasteiger partial charge in [0.25, 0.3) is 0 Å². The third kappa shape index (κ3) is 54.9. The Morgan fingerprint density at radius 3 is 0.630 bits per heavy atom. The van der Waals surface area contributed by atoms with Crippen LogP contribution >= 0.6 is 0 Å². The summed E-state index contributed by atoms with van der Waals surface area (Å²) in [7, 11) is 0. The topological polar surface area (TPSA) is 54.4 Å². The van der Waals surface area contributed by atoms with E-state index in [1.54, 1.807) is 0 Å². The quantitative estimate of drug-likeness (QED) is 0.0488. The first-order chi connectivity index (χ1) is 40.1. The van der Waals surface area contributed by atoms with E-state index in [1.807, 2.05) is 0 Å². The lowest BCUT2D eigenvalue weighted by Gasteiger charge is -2.02. The van der Waals surface area contributed by atoms with E-state index in [2.05, 4.69) is 132 Å². The van der Waals surface area contributed by atoms with Gasteiger partial charge in [-0.15, -0.1) is 0 Å². The molecule has 4 unspecified atom stereocenters. The zero-order chi connectivity index (χ0) is 58.8. The van der Waals surface area contributed by atoms with Gasteiger partial charge in [-0.05, 0) is 190 Å². The number of hydrogen-bond donors (Lipinski definition) is 1. The molecule has 0 radical (unpaired) electrons. The van der Waals surface area contributed by atoms with Crippen LogP contribution in [0.3, 0.4) is 0 Å². The molecule has 0 saturated heterocycles. The summed E-state index contributed by atoms with van der Waals surface area (Å²) in [5.41, 5.74) is 0. The molecular formula is C78H138O3. The SMILES string of the molecule is CCCCC/C=C\C/C=C\CCCCCCCC1C(CC)C1CCCCCCC/C=C\C/C=C\CCCCC.CCCCC/C=C\C/C=C\CCCCCCCC1C(CO)C1CCCCCCC/C=C\C/C=C\CCCCC.O=C=O. The second kappa shape index (κ2) is 66.4. The minimum absolute atomic E-state index is 0.250. The lowest BCUT2D eigenvalue weighted by atomic mass is 10.0. The number of allylic oxidation sites excluding steroid dienone is 16. The average molecular weight is 1120 g/mol. The highest BCUT2D eigenvalue weighted by molar-refractivity contribution is 5.20. The Kier molecular flexibility index (Phi) is 64.2. The van der Waals surface area contributed by atoms with Crippen LogP contribution in [0.1, 0.15) is 349 Å². The third-order valence-electron chi connectivity index (χ3n) is 17.7. The highest BCUT2D eigenvalue weighted by Crippen LogP contribution is 2.54. The predicted molar refractivity (Wildman–Crippen MR) is 361 cm³/mol. The molecular weight excluding hydrogens is 985 g/mol. The van der Waals surface area contributed by atoms with E-state index in [1.165, 1.54) is 289 Å². The van der Waals surface area contributed by atoms with Crippen LogP contribution in [0.4, 0.5) is 0 Å². The van der Waals surface area contributed by atoms with Gasteiger partial charge in [-0.25, -0.2) is 0 Å². The molecule has 0 aromatic heterocycles. The van der Waals surface area contributed by atoms with E-state index in [4.69, 9.17) is 9.59 Å². The minimum Gasteiger partial charge on any atom is -0.396 e. The molecule has 468 valence electrons. The number of rotatable bonds is 58. The Bertz CT molecular complexity index is 1320. The van der Waals surface area contributed by atoms with Gasteiger partial charge in [0.15, 0.2) is 0 Å². The van der Waals surface area contributed by atoms with Crippen LogP contribution in [0, 0.1) is 35.5 Å². The van der Waals surface area contributed by atoms with Gasteiger partial charge < -0.3 is 5.11 Å². The van der Waals surface area contributed by atoms with Crippen molar-refractivity contribution in [1.29, 1.82) is 0 Å². The molecule has 2 rings (SSSR count). The molecule has 0 amide bonds. The molecule has 2 aliphatic rings. The number of hydrogen-bond acceptors (Lipinski definition) is 3. The molecule has 0 heterocycles. The Morgan fingerprint density at radius 2 is 0.432 bits per heavy atom. The first-order valence-electron chi connectivity index (χ1n) is 35.9. The summed E-state index contributed by atoms with van der Waals surface area (Å²) in [5.74, 6) is 5.53. The molecule has 3 heteroatoms. The summed E-state index contributed by atoms with van der Waals surface area (Å²) in [6.45, 7) is 11.9. The fraction of sp³-hybridized carbons (Fsp3) is 0.782.